The number of hydrogen-bond donors (Lipinski definition) is 0. The van der Waals surface area contributed by atoms with Gasteiger partial charge in [-0.15, -0.1) is 0 Å². The van der Waals surface area contributed by atoms with Crippen molar-refractivity contribution >= 4 is 23.8 Å². The highest BCUT2D eigenvalue weighted by Gasteiger charge is 1.87. The van der Waals surface area contributed by atoms with E-state index in [1.807, 2.05) is 30.3 Å². The summed E-state index contributed by atoms with van der Waals surface area (Å²) in [4.78, 5) is 0. The summed E-state index contributed by atoms with van der Waals surface area (Å²) in [5, 5.41) is 1.22. The van der Waals surface area contributed by atoms with Gasteiger partial charge in [-0.1, -0.05) is 42.1 Å². The van der Waals surface area contributed by atoms with Crippen molar-refractivity contribution in [3.8, 4) is 0 Å². The number of hydrogen-bond acceptors (Lipinski definition) is 1. The third-order valence-electron chi connectivity index (χ3n) is 1.10. The molecule has 1 rings (SSSR count). The van der Waals surface area contributed by atoms with Crippen LogP contribution in [0.2, 0.25) is 0 Å². The van der Waals surface area contributed by atoms with Crippen molar-refractivity contribution in [3.05, 3.63) is 37.0 Å². The van der Waals surface area contributed by atoms with Crippen molar-refractivity contribution in [3.63, 3.8) is 0 Å². The predicted molar refractivity (Wildman–Crippen MR) is 47.1 cm³/mol. The fourth-order valence-electron chi connectivity index (χ4n) is 0.624. The molecule has 0 amide bonds. The average Bonchev–Trinajstić information content (AvgIpc) is 1.90. The van der Waals surface area contributed by atoms with E-state index in [9.17, 15) is 0 Å². The van der Waals surface area contributed by atoms with Gasteiger partial charge >= 0.3 is 0 Å². The normalized spacial score (nSPS) is 13.0. The Morgan fingerprint density at radius 3 is 2.11 bits per heavy atom. The van der Waals surface area contributed by atoms with Gasteiger partial charge in [-0.2, -0.15) is 0 Å². The quantitative estimate of drug-likeness (QED) is 0.557. The summed E-state index contributed by atoms with van der Waals surface area (Å²) in [7, 11) is 0. The van der Waals surface area contributed by atoms with Gasteiger partial charge < -0.3 is 0 Å². The summed E-state index contributed by atoms with van der Waals surface area (Å²) in [6.45, 7) is 2.95. The van der Waals surface area contributed by atoms with Crippen LogP contribution in [0.15, 0.2) is 30.3 Å². The topological polar surface area (TPSA) is 0 Å². The molecule has 0 aliphatic heterocycles. The fraction of sp³-hybridized carbons (Fsp3) is 0. The van der Waals surface area contributed by atoms with Crippen LogP contribution in [0.1, 0.15) is 0 Å². The van der Waals surface area contributed by atoms with Gasteiger partial charge in [0.2, 0.25) is 0 Å². The molecule has 0 fully saturated rings. The SMILES string of the molecule is [CH2][PH](=S)c1ccccc1. The van der Waals surface area contributed by atoms with Gasteiger partial charge in [-0.05, 0) is 18.7 Å². The Kier molecular flexibility index (Phi) is 2.44. The Labute approximate surface area is 61.3 Å². The average molecular weight is 155 g/mol. The lowest BCUT2D eigenvalue weighted by Gasteiger charge is -1.93. The fourth-order valence-corrected chi connectivity index (χ4v) is 1.60. The van der Waals surface area contributed by atoms with E-state index in [1.165, 1.54) is 5.30 Å². The lowest BCUT2D eigenvalue weighted by Crippen LogP contribution is -1.89. The monoisotopic (exact) mass is 155 g/mol. The van der Waals surface area contributed by atoms with Crippen LogP contribution in [0.3, 0.4) is 0 Å². The van der Waals surface area contributed by atoms with Crippen LogP contribution in [0.4, 0.5) is 0 Å². The van der Waals surface area contributed by atoms with Crippen LogP contribution >= 0.6 is 6.70 Å². The summed E-state index contributed by atoms with van der Waals surface area (Å²) in [5.74, 6) is 0. The molecular weight excluding hydrogens is 147 g/mol. The molecule has 0 spiro atoms. The lowest BCUT2D eigenvalue weighted by atomic mass is 10.4. The van der Waals surface area contributed by atoms with E-state index in [1.54, 1.807) is 0 Å². The first-order valence-electron chi connectivity index (χ1n) is 2.72. The molecule has 0 N–H and O–H groups in total. The van der Waals surface area contributed by atoms with E-state index in [2.05, 4.69) is 6.66 Å². The van der Waals surface area contributed by atoms with Crippen molar-refractivity contribution in [1.82, 2.24) is 0 Å². The van der Waals surface area contributed by atoms with E-state index in [-0.39, 0.29) is 0 Å². The molecular formula is C7H8PS. The highest BCUT2D eigenvalue weighted by Crippen LogP contribution is 2.14. The van der Waals surface area contributed by atoms with E-state index in [0.717, 1.165) is 0 Å². The Morgan fingerprint density at radius 2 is 1.78 bits per heavy atom. The first-order valence-corrected chi connectivity index (χ1v) is 5.56. The highest BCUT2D eigenvalue weighted by atomic mass is 32.4. The van der Waals surface area contributed by atoms with E-state index >= 15 is 0 Å². The lowest BCUT2D eigenvalue weighted by molar-refractivity contribution is 1.78. The summed E-state index contributed by atoms with van der Waals surface area (Å²) < 4.78 is 0. The minimum atomic E-state index is -0.879. The van der Waals surface area contributed by atoms with Gasteiger partial charge in [0.05, 0.1) is 0 Å². The molecule has 1 atom stereocenters. The van der Waals surface area contributed by atoms with E-state index < -0.39 is 6.70 Å². The third-order valence-corrected chi connectivity index (χ3v) is 2.78. The first-order chi connectivity index (χ1) is 4.30. The molecule has 0 aliphatic rings. The van der Waals surface area contributed by atoms with Crippen molar-refractivity contribution < 1.29 is 0 Å². The van der Waals surface area contributed by atoms with Crippen molar-refractivity contribution in [2.45, 2.75) is 0 Å². The van der Waals surface area contributed by atoms with Crippen LogP contribution in [-0.4, -0.2) is 0 Å². The Hall–Kier alpha value is -0.130. The molecule has 1 aromatic carbocycles. The van der Waals surface area contributed by atoms with Gasteiger partial charge in [0.25, 0.3) is 0 Å². The summed E-state index contributed by atoms with van der Waals surface area (Å²) in [6.07, 6.45) is 0. The van der Waals surface area contributed by atoms with Crippen molar-refractivity contribution in [2.75, 3.05) is 0 Å². The second kappa shape index (κ2) is 3.14. The van der Waals surface area contributed by atoms with Crippen molar-refractivity contribution in [1.29, 1.82) is 0 Å². The van der Waals surface area contributed by atoms with Gasteiger partial charge in [0.1, 0.15) is 0 Å². The maximum absolute atomic E-state index is 5.04. The standard InChI is InChI=1S/C7H8PS/c1-8(9)7-5-3-2-4-6-7/h2-6,8H,1H2. The molecule has 0 saturated heterocycles. The molecule has 0 saturated carbocycles. The maximum atomic E-state index is 5.04. The Bertz CT molecular complexity index is 205. The second-order valence-corrected chi connectivity index (χ2v) is 4.69. The van der Waals surface area contributed by atoms with E-state index in [4.69, 9.17) is 11.8 Å². The molecule has 1 unspecified atom stereocenters. The van der Waals surface area contributed by atoms with Crippen molar-refractivity contribution in [2.24, 2.45) is 0 Å². The van der Waals surface area contributed by atoms with E-state index in [0.29, 0.717) is 0 Å². The van der Waals surface area contributed by atoms with Crippen LogP contribution in [0.25, 0.3) is 0 Å². The summed E-state index contributed by atoms with van der Waals surface area (Å²) in [5.41, 5.74) is 0. The predicted octanol–water partition coefficient (Wildman–Crippen LogP) is 1.78. The number of benzene rings is 1. The molecule has 0 aliphatic carbocycles. The smallest absolute Gasteiger partial charge is 0.0169 e. The van der Waals surface area contributed by atoms with Gasteiger partial charge in [0, 0.05) is 0 Å². The van der Waals surface area contributed by atoms with Crippen LogP contribution in [-0.2, 0) is 11.8 Å². The van der Waals surface area contributed by atoms with Gasteiger partial charge in [0.15, 0.2) is 0 Å². The zero-order chi connectivity index (χ0) is 6.69. The second-order valence-electron chi connectivity index (χ2n) is 1.79. The molecule has 1 aromatic rings. The van der Waals surface area contributed by atoms with Crippen LogP contribution in [0, 0.1) is 6.66 Å². The summed E-state index contributed by atoms with van der Waals surface area (Å²) in [6, 6.07) is 10.1. The van der Waals surface area contributed by atoms with Crippen LogP contribution in [0.5, 0.6) is 0 Å². The molecule has 0 nitrogen and oxygen atoms in total. The highest BCUT2D eigenvalue weighted by molar-refractivity contribution is 8.09. The first kappa shape index (κ1) is 6.98. The molecule has 2 heteroatoms. The largest absolute Gasteiger partial charge is 0.0960 e. The minimum Gasteiger partial charge on any atom is -0.0960 e. The van der Waals surface area contributed by atoms with Crippen LogP contribution < -0.4 is 5.30 Å². The Morgan fingerprint density at radius 1 is 1.22 bits per heavy atom. The Balaban J connectivity index is 2.98. The molecule has 0 bridgehead atoms. The molecule has 0 aromatic heterocycles. The van der Waals surface area contributed by atoms with Gasteiger partial charge in [-0.3, -0.25) is 0 Å². The molecule has 1 radical (unpaired) electrons. The minimum absolute atomic E-state index is 0.879. The number of rotatable bonds is 1. The molecule has 47 valence electrons. The third kappa shape index (κ3) is 1.92. The zero-order valence-electron chi connectivity index (χ0n) is 5.00. The molecule has 0 heterocycles. The zero-order valence-corrected chi connectivity index (χ0v) is 6.82. The van der Waals surface area contributed by atoms with Gasteiger partial charge in [-0.25, -0.2) is 0 Å². The maximum Gasteiger partial charge on any atom is -0.0169 e. The molecule has 9 heavy (non-hydrogen) atoms. The summed E-state index contributed by atoms with van der Waals surface area (Å²) >= 11 is 5.04.